The number of hydrogen-bond acceptors (Lipinski definition) is 6. The van der Waals surface area contributed by atoms with Gasteiger partial charge in [0.1, 0.15) is 0 Å². The molecule has 0 aliphatic rings. The molecule has 0 saturated heterocycles. The molecule has 0 unspecified atom stereocenters. The fourth-order valence-corrected chi connectivity index (χ4v) is 3.95. The molecule has 172 valence electrons. The molecule has 3 N–H and O–H groups in total. The van der Waals surface area contributed by atoms with Crippen molar-refractivity contribution in [1.29, 1.82) is 0 Å². The average Bonchev–Trinajstić information content (AvgIpc) is 3.19. The molecule has 0 aliphatic carbocycles. The van der Waals surface area contributed by atoms with Gasteiger partial charge in [-0.3, -0.25) is 9.59 Å². The van der Waals surface area contributed by atoms with E-state index in [-0.39, 0.29) is 34.7 Å². The SMILES string of the molecule is CCn1c(CNC(=O)c2ccc(Cl)c(Cl)c2)nnc1SCC(=O)Nc1cccc(C(=O)O)c1. The number of carbonyl (C=O) groups excluding carboxylic acids is 2. The number of benzene rings is 2. The highest BCUT2D eigenvalue weighted by atomic mass is 35.5. The van der Waals surface area contributed by atoms with E-state index in [2.05, 4.69) is 20.8 Å². The number of nitrogens with one attached hydrogen (secondary N) is 2. The highest BCUT2D eigenvalue weighted by Crippen LogP contribution is 2.23. The Labute approximate surface area is 203 Å². The van der Waals surface area contributed by atoms with Gasteiger partial charge in [-0.05, 0) is 43.3 Å². The lowest BCUT2D eigenvalue weighted by Crippen LogP contribution is -2.24. The van der Waals surface area contributed by atoms with Crippen molar-refractivity contribution in [3.63, 3.8) is 0 Å². The summed E-state index contributed by atoms with van der Waals surface area (Å²) in [7, 11) is 0. The number of carboxylic acid groups (broad SMARTS) is 1. The van der Waals surface area contributed by atoms with E-state index in [1.54, 1.807) is 28.8 Å². The number of nitrogens with zero attached hydrogens (tertiary/aromatic N) is 3. The summed E-state index contributed by atoms with van der Waals surface area (Å²) in [4.78, 5) is 35.7. The molecular weight excluding hydrogens is 489 g/mol. The van der Waals surface area contributed by atoms with Crippen molar-refractivity contribution in [3.05, 3.63) is 69.5 Å². The molecule has 3 aromatic rings. The first-order chi connectivity index (χ1) is 15.8. The van der Waals surface area contributed by atoms with Crippen LogP contribution in [0.3, 0.4) is 0 Å². The van der Waals surface area contributed by atoms with Crippen LogP contribution in [0.2, 0.25) is 10.0 Å². The number of aromatic carboxylic acids is 1. The van der Waals surface area contributed by atoms with Crippen molar-refractivity contribution in [3.8, 4) is 0 Å². The lowest BCUT2D eigenvalue weighted by Gasteiger charge is -2.09. The van der Waals surface area contributed by atoms with Crippen molar-refractivity contribution >= 4 is 58.4 Å². The summed E-state index contributed by atoms with van der Waals surface area (Å²) in [5, 5.41) is 23.9. The Kier molecular flexibility index (Phi) is 8.32. The van der Waals surface area contributed by atoms with E-state index in [0.29, 0.717) is 33.8 Å². The van der Waals surface area contributed by atoms with Gasteiger partial charge >= 0.3 is 5.97 Å². The van der Waals surface area contributed by atoms with Crippen LogP contribution in [0.4, 0.5) is 5.69 Å². The Morgan fingerprint density at radius 1 is 1.06 bits per heavy atom. The number of anilines is 1. The maximum atomic E-state index is 12.4. The fourth-order valence-electron chi connectivity index (χ4n) is 2.83. The second-order valence-electron chi connectivity index (χ2n) is 6.68. The van der Waals surface area contributed by atoms with Crippen LogP contribution >= 0.6 is 35.0 Å². The quantitative estimate of drug-likeness (QED) is 0.374. The van der Waals surface area contributed by atoms with Gasteiger partial charge in [-0.25, -0.2) is 4.79 Å². The summed E-state index contributed by atoms with van der Waals surface area (Å²) in [6.45, 7) is 2.57. The first-order valence-electron chi connectivity index (χ1n) is 9.69. The first kappa shape index (κ1) is 24.6. The Morgan fingerprint density at radius 3 is 2.55 bits per heavy atom. The molecule has 0 bridgehead atoms. The zero-order valence-corrected chi connectivity index (χ0v) is 19.7. The second kappa shape index (κ2) is 11.2. The largest absolute Gasteiger partial charge is 0.478 e. The van der Waals surface area contributed by atoms with E-state index in [0.717, 1.165) is 0 Å². The Bertz CT molecular complexity index is 1200. The Hall–Kier alpha value is -3.08. The van der Waals surface area contributed by atoms with Gasteiger partial charge in [0, 0.05) is 17.8 Å². The minimum absolute atomic E-state index is 0.0467. The molecule has 2 aromatic carbocycles. The summed E-state index contributed by atoms with van der Waals surface area (Å²) in [5.41, 5.74) is 0.840. The Morgan fingerprint density at radius 2 is 1.85 bits per heavy atom. The zero-order valence-electron chi connectivity index (χ0n) is 17.3. The van der Waals surface area contributed by atoms with Crippen LogP contribution in [-0.4, -0.2) is 43.4 Å². The highest BCUT2D eigenvalue weighted by Gasteiger charge is 2.15. The second-order valence-corrected chi connectivity index (χ2v) is 8.43. The van der Waals surface area contributed by atoms with E-state index < -0.39 is 5.97 Å². The van der Waals surface area contributed by atoms with Crippen LogP contribution < -0.4 is 10.6 Å². The molecule has 0 atom stereocenters. The molecule has 0 aliphatic heterocycles. The molecule has 1 heterocycles. The topological polar surface area (TPSA) is 126 Å². The van der Waals surface area contributed by atoms with Gasteiger partial charge in [-0.1, -0.05) is 41.0 Å². The summed E-state index contributed by atoms with van der Waals surface area (Å²) < 4.78 is 1.79. The van der Waals surface area contributed by atoms with E-state index in [4.69, 9.17) is 28.3 Å². The van der Waals surface area contributed by atoms with Crippen LogP contribution in [0.1, 0.15) is 33.5 Å². The lowest BCUT2D eigenvalue weighted by atomic mass is 10.2. The molecule has 3 rings (SSSR count). The number of hydrogen-bond donors (Lipinski definition) is 3. The van der Waals surface area contributed by atoms with Crippen LogP contribution in [0.25, 0.3) is 0 Å². The lowest BCUT2D eigenvalue weighted by molar-refractivity contribution is -0.113. The smallest absolute Gasteiger partial charge is 0.335 e. The van der Waals surface area contributed by atoms with Crippen LogP contribution in [0.5, 0.6) is 0 Å². The van der Waals surface area contributed by atoms with Crippen molar-refractivity contribution in [2.45, 2.75) is 25.2 Å². The molecule has 33 heavy (non-hydrogen) atoms. The summed E-state index contributed by atoms with van der Waals surface area (Å²) in [5.74, 6) is -1.15. The zero-order chi connectivity index (χ0) is 24.0. The van der Waals surface area contributed by atoms with Crippen molar-refractivity contribution < 1.29 is 19.5 Å². The van der Waals surface area contributed by atoms with Gasteiger partial charge in [-0.2, -0.15) is 0 Å². The van der Waals surface area contributed by atoms with Gasteiger partial charge in [0.15, 0.2) is 11.0 Å². The number of aromatic nitrogens is 3. The number of carboxylic acids is 1. The van der Waals surface area contributed by atoms with Crippen molar-refractivity contribution in [2.75, 3.05) is 11.1 Å². The van der Waals surface area contributed by atoms with Crippen LogP contribution in [-0.2, 0) is 17.9 Å². The number of amides is 2. The summed E-state index contributed by atoms with van der Waals surface area (Å²) in [6.07, 6.45) is 0. The molecule has 1 aromatic heterocycles. The fraction of sp³-hybridized carbons (Fsp3) is 0.190. The third-order valence-corrected chi connectivity index (χ3v) is 6.13. The summed E-state index contributed by atoms with van der Waals surface area (Å²) in [6, 6.07) is 10.6. The molecule has 12 heteroatoms. The van der Waals surface area contributed by atoms with Gasteiger partial charge in [-0.15, -0.1) is 10.2 Å². The number of thioether (sulfide) groups is 1. The molecule has 9 nitrogen and oxygen atoms in total. The predicted molar refractivity (Wildman–Crippen MR) is 126 cm³/mol. The molecule has 0 spiro atoms. The average molecular weight is 508 g/mol. The van der Waals surface area contributed by atoms with Gasteiger partial charge in [0.2, 0.25) is 5.91 Å². The predicted octanol–water partition coefficient (Wildman–Crippen LogP) is 3.96. The number of carbonyl (C=O) groups is 3. The molecule has 0 radical (unpaired) electrons. The number of halogens is 2. The standard InChI is InChI=1S/C21H19Cl2N5O4S/c1-2-28-17(10-24-19(30)12-6-7-15(22)16(23)9-12)26-27-21(28)33-11-18(29)25-14-5-3-4-13(8-14)20(31)32/h3-9H,2,10-11H2,1H3,(H,24,30)(H,25,29)(H,31,32). The summed E-state index contributed by atoms with van der Waals surface area (Å²) >= 11 is 13.0. The van der Waals surface area contributed by atoms with Crippen LogP contribution in [0.15, 0.2) is 47.6 Å². The normalized spacial score (nSPS) is 10.6. The third kappa shape index (κ3) is 6.47. The highest BCUT2D eigenvalue weighted by molar-refractivity contribution is 7.99. The first-order valence-corrected chi connectivity index (χ1v) is 11.4. The minimum Gasteiger partial charge on any atom is -0.478 e. The van der Waals surface area contributed by atoms with Gasteiger partial charge in [0.05, 0.1) is 27.9 Å². The van der Waals surface area contributed by atoms with E-state index in [9.17, 15) is 14.4 Å². The molecular formula is C21H19Cl2N5O4S. The minimum atomic E-state index is -1.07. The van der Waals surface area contributed by atoms with Crippen LogP contribution in [0, 0.1) is 0 Å². The maximum Gasteiger partial charge on any atom is 0.335 e. The maximum absolute atomic E-state index is 12.4. The van der Waals surface area contributed by atoms with Gasteiger partial charge < -0.3 is 20.3 Å². The molecule has 2 amide bonds. The monoisotopic (exact) mass is 507 g/mol. The van der Waals surface area contributed by atoms with E-state index >= 15 is 0 Å². The molecule has 0 saturated carbocycles. The van der Waals surface area contributed by atoms with Crippen molar-refractivity contribution in [1.82, 2.24) is 20.1 Å². The Balaban J connectivity index is 1.58. The molecule has 0 fully saturated rings. The third-order valence-electron chi connectivity index (χ3n) is 4.42. The van der Waals surface area contributed by atoms with E-state index in [1.807, 2.05) is 6.92 Å². The number of rotatable bonds is 9. The van der Waals surface area contributed by atoms with E-state index in [1.165, 1.54) is 30.0 Å². The van der Waals surface area contributed by atoms with Gasteiger partial charge in [0.25, 0.3) is 5.91 Å². The van der Waals surface area contributed by atoms with Crippen molar-refractivity contribution in [2.24, 2.45) is 0 Å².